The molecule has 5 nitrogen and oxygen atoms in total. The Balaban J connectivity index is 1.55. The van der Waals surface area contributed by atoms with E-state index in [-0.39, 0.29) is 5.91 Å². The smallest absolute Gasteiger partial charge is 0.292 e. The molecule has 0 aliphatic carbocycles. The predicted molar refractivity (Wildman–Crippen MR) is 98.4 cm³/mol. The van der Waals surface area contributed by atoms with Gasteiger partial charge >= 0.3 is 0 Å². The van der Waals surface area contributed by atoms with Crippen molar-refractivity contribution >= 4 is 11.6 Å². The van der Waals surface area contributed by atoms with Crippen LogP contribution in [0.4, 0.5) is 5.69 Å². The molecule has 1 spiro atoms. The third-order valence-electron chi connectivity index (χ3n) is 4.83. The quantitative estimate of drug-likeness (QED) is 0.846. The van der Waals surface area contributed by atoms with Crippen LogP contribution in [0, 0.1) is 13.8 Å². The van der Waals surface area contributed by atoms with Gasteiger partial charge in [0.2, 0.25) is 0 Å². The van der Waals surface area contributed by atoms with Gasteiger partial charge < -0.3 is 19.1 Å². The van der Waals surface area contributed by atoms with Crippen LogP contribution in [0.2, 0.25) is 0 Å². The summed E-state index contributed by atoms with van der Waals surface area (Å²) in [4.78, 5) is 14.9. The number of benzene rings is 2. The lowest BCUT2D eigenvalue weighted by Crippen LogP contribution is -2.48. The molecule has 2 aliphatic rings. The maximum Gasteiger partial charge on any atom is 0.292 e. The van der Waals surface area contributed by atoms with Gasteiger partial charge in [-0.2, -0.15) is 0 Å². The normalized spacial score (nSPS) is 18.2. The monoisotopic (exact) mass is 353 g/mol. The summed E-state index contributed by atoms with van der Waals surface area (Å²) in [5.74, 6) is -0.653. The first kappa shape index (κ1) is 17.1. The molecule has 2 aliphatic heterocycles. The SMILES string of the molecule is Cc1ccc(OCCN2C(=O)C3(OCCCO3)c3cc(C)ccc32)cc1. The highest BCUT2D eigenvalue weighted by atomic mass is 16.7. The minimum absolute atomic E-state index is 0.162. The van der Waals surface area contributed by atoms with E-state index in [1.807, 2.05) is 56.3 Å². The minimum atomic E-state index is -1.29. The molecule has 1 saturated heterocycles. The Morgan fingerprint density at radius 2 is 1.73 bits per heavy atom. The lowest BCUT2D eigenvalue weighted by Gasteiger charge is -2.32. The number of fused-ring (bicyclic) bond motifs is 2. The average Bonchev–Trinajstić information content (AvgIpc) is 2.86. The number of hydrogen-bond acceptors (Lipinski definition) is 4. The number of carbonyl (C=O) groups is 1. The summed E-state index contributed by atoms with van der Waals surface area (Å²) >= 11 is 0. The fourth-order valence-corrected chi connectivity index (χ4v) is 3.47. The standard InChI is InChI=1S/C21H23NO4/c1-15-4-7-17(8-5-15)24-13-10-22-19-9-6-16(2)14-18(19)21(20(22)23)25-11-3-12-26-21/h4-9,14H,3,10-13H2,1-2H3. The van der Waals surface area contributed by atoms with Crippen molar-refractivity contribution in [3.63, 3.8) is 0 Å². The highest BCUT2D eigenvalue weighted by Gasteiger charge is 2.54. The van der Waals surface area contributed by atoms with E-state index < -0.39 is 5.79 Å². The number of anilines is 1. The van der Waals surface area contributed by atoms with Crippen LogP contribution in [0.15, 0.2) is 42.5 Å². The Labute approximate surface area is 153 Å². The molecule has 0 saturated carbocycles. The number of ether oxygens (including phenoxy) is 3. The van der Waals surface area contributed by atoms with Crippen LogP contribution >= 0.6 is 0 Å². The van der Waals surface area contributed by atoms with E-state index in [1.54, 1.807) is 4.90 Å². The summed E-state index contributed by atoms with van der Waals surface area (Å²) in [5.41, 5.74) is 3.91. The number of nitrogens with zero attached hydrogens (tertiary/aromatic N) is 1. The first-order valence-electron chi connectivity index (χ1n) is 9.01. The van der Waals surface area contributed by atoms with Crippen molar-refractivity contribution in [2.24, 2.45) is 0 Å². The van der Waals surface area contributed by atoms with E-state index in [0.29, 0.717) is 26.4 Å². The van der Waals surface area contributed by atoms with Crippen LogP contribution in [0.25, 0.3) is 0 Å². The zero-order valence-electron chi connectivity index (χ0n) is 15.2. The molecule has 2 heterocycles. The Hall–Kier alpha value is -2.37. The fourth-order valence-electron chi connectivity index (χ4n) is 3.47. The highest BCUT2D eigenvalue weighted by molar-refractivity contribution is 6.06. The van der Waals surface area contributed by atoms with Crippen LogP contribution in [0.1, 0.15) is 23.1 Å². The largest absolute Gasteiger partial charge is 0.492 e. The Bertz CT molecular complexity index is 809. The molecule has 1 amide bonds. The lowest BCUT2D eigenvalue weighted by molar-refractivity contribution is -0.256. The summed E-state index contributed by atoms with van der Waals surface area (Å²) in [5, 5.41) is 0. The van der Waals surface area contributed by atoms with E-state index in [4.69, 9.17) is 14.2 Å². The van der Waals surface area contributed by atoms with Crippen molar-refractivity contribution < 1.29 is 19.0 Å². The average molecular weight is 353 g/mol. The van der Waals surface area contributed by atoms with Gasteiger partial charge in [-0.3, -0.25) is 4.79 Å². The summed E-state index contributed by atoms with van der Waals surface area (Å²) in [6.07, 6.45) is 0.798. The van der Waals surface area contributed by atoms with Crippen LogP contribution in [-0.2, 0) is 20.1 Å². The van der Waals surface area contributed by atoms with Gasteiger partial charge in [0, 0.05) is 5.56 Å². The van der Waals surface area contributed by atoms with E-state index >= 15 is 0 Å². The van der Waals surface area contributed by atoms with Gasteiger partial charge in [0.15, 0.2) is 0 Å². The molecular formula is C21H23NO4. The van der Waals surface area contributed by atoms with E-state index in [2.05, 4.69) is 0 Å². The number of amides is 1. The zero-order valence-corrected chi connectivity index (χ0v) is 15.2. The molecule has 26 heavy (non-hydrogen) atoms. The summed E-state index contributed by atoms with van der Waals surface area (Å²) in [6, 6.07) is 13.8. The molecule has 0 unspecified atom stereocenters. The van der Waals surface area contributed by atoms with Crippen molar-refractivity contribution in [1.29, 1.82) is 0 Å². The molecule has 136 valence electrons. The van der Waals surface area contributed by atoms with E-state index in [0.717, 1.165) is 29.0 Å². The highest BCUT2D eigenvalue weighted by Crippen LogP contribution is 2.45. The van der Waals surface area contributed by atoms with Crippen molar-refractivity contribution in [2.75, 3.05) is 31.3 Å². The van der Waals surface area contributed by atoms with Gasteiger partial charge in [0.05, 0.1) is 25.4 Å². The topological polar surface area (TPSA) is 48.0 Å². The van der Waals surface area contributed by atoms with Crippen molar-refractivity contribution in [2.45, 2.75) is 26.1 Å². The van der Waals surface area contributed by atoms with E-state index in [9.17, 15) is 4.79 Å². The Morgan fingerprint density at radius 1 is 1.04 bits per heavy atom. The zero-order chi connectivity index (χ0) is 18.1. The lowest BCUT2D eigenvalue weighted by atomic mass is 10.0. The second-order valence-corrected chi connectivity index (χ2v) is 6.81. The third-order valence-corrected chi connectivity index (χ3v) is 4.83. The molecule has 0 radical (unpaired) electrons. The predicted octanol–water partition coefficient (Wildman–Crippen LogP) is 3.32. The first-order valence-corrected chi connectivity index (χ1v) is 9.01. The summed E-state index contributed by atoms with van der Waals surface area (Å²) in [6.45, 7) is 5.93. The Morgan fingerprint density at radius 3 is 2.46 bits per heavy atom. The molecule has 0 atom stereocenters. The molecular weight excluding hydrogens is 330 g/mol. The second-order valence-electron chi connectivity index (χ2n) is 6.81. The van der Waals surface area contributed by atoms with Crippen molar-refractivity contribution in [3.8, 4) is 5.75 Å². The molecule has 0 N–H and O–H groups in total. The fraction of sp³-hybridized carbons (Fsp3) is 0.381. The van der Waals surface area contributed by atoms with Gasteiger partial charge in [0.1, 0.15) is 12.4 Å². The third kappa shape index (κ3) is 2.87. The van der Waals surface area contributed by atoms with Crippen LogP contribution in [-0.4, -0.2) is 32.3 Å². The number of rotatable bonds is 4. The molecule has 5 heteroatoms. The first-order chi connectivity index (χ1) is 12.6. The molecule has 0 bridgehead atoms. The number of hydrogen-bond donors (Lipinski definition) is 0. The molecule has 2 aromatic rings. The van der Waals surface area contributed by atoms with Crippen LogP contribution in [0.3, 0.4) is 0 Å². The minimum Gasteiger partial charge on any atom is -0.492 e. The van der Waals surface area contributed by atoms with Crippen molar-refractivity contribution in [3.05, 3.63) is 59.2 Å². The summed E-state index contributed by atoms with van der Waals surface area (Å²) < 4.78 is 17.6. The second kappa shape index (κ2) is 6.74. The van der Waals surface area contributed by atoms with Crippen LogP contribution in [0.5, 0.6) is 5.75 Å². The van der Waals surface area contributed by atoms with Gasteiger partial charge in [-0.25, -0.2) is 0 Å². The molecule has 1 fully saturated rings. The molecule has 4 rings (SSSR count). The van der Waals surface area contributed by atoms with Gasteiger partial charge in [-0.15, -0.1) is 0 Å². The Kier molecular flexibility index (Phi) is 4.42. The van der Waals surface area contributed by atoms with Gasteiger partial charge in [0.25, 0.3) is 11.7 Å². The van der Waals surface area contributed by atoms with Gasteiger partial charge in [-0.05, 0) is 44.5 Å². The van der Waals surface area contributed by atoms with Crippen molar-refractivity contribution in [1.82, 2.24) is 0 Å². The maximum atomic E-state index is 13.2. The van der Waals surface area contributed by atoms with E-state index in [1.165, 1.54) is 5.56 Å². The number of aryl methyl sites for hydroxylation is 2. The summed E-state index contributed by atoms with van der Waals surface area (Å²) in [7, 11) is 0. The van der Waals surface area contributed by atoms with Crippen LogP contribution < -0.4 is 9.64 Å². The maximum absolute atomic E-state index is 13.2. The molecule has 0 aromatic heterocycles. The van der Waals surface area contributed by atoms with Gasteiger partial charge in [-0.1, -0.05) is 29.3 Å². The number of carbonyl (C=O) groups excluding carboxylic acids is 1. The molecule has 2 aromatic carbocycles.